The lowest BCUT2D eigenvalue weighted by Gasteiger charge is -2.16. The zero-order valence-corrected chi connectivity index (χ0v) is 16.4. The van der Waals surface area contributed by atoms with E-state index in [4.69, 9.17) is 4.42 Å². The van der Waals surface area contributed by atoms with Gasteiger partial charge in [-0.1, -0.05) is 30.3 Å². The van der Waals surface area contributed by atoms with Gasteiger partial charge in [0.05, 0.1) is 6.26 Å². The van der Waals surface area contributed by atoms with Crippen molar-refractivity contribution in [3.05, 3.63) is 90.9 Å². The first kappa shape index (κ1) is 19.3. The number of fused-ring (bicyclic) bond motifs is 1. The molecule has 3 aromatic carbocycles. The van der Waals surface area contributed by atoms with Crippen LogP contribution in [0.1, 0.15) is 17.5 Å². The van der Waals surface area contributed by atoms with Crippen LogP contribution in [-0.4, -0.2) is 17.9 Å². The third-order valence-corrected chi connectivity index (χ3v) is 4.68. The number of nitrogens with one attached hydrogen (secondary N) is 3. The van der Waals surface area contributed by atoms with Crippen LogP contribution in [0.4, 0.5) is 17.1 Å². The molecule has 4 aromatic rings. The maximum atomic E-state index is 12.6. The highest BCUT2D eigenvalue weighted by Gasteiger charge is 2.13. The molecule has 0 aliphatic rings. The fourth-order valence-corrected chi connectivity index (χ4v) is 3.08. The van der Waals surface area contributed by atoms with E-state index in [-0.39, 0.29) is 17.6 Å². The molecular formula is C24H21N3O3. The molecule has 6 nitrogen and oxygen atoms in total. The summed E-state index contributed by atoms with van der Waals surface area (Å²) >= 11 is 0. The van der Waals surface area contributed by atoms with Crippen LogP contribution in [0.2, 0.25) is 0 Å². The fourth-order valence-electron chi connectivity index (χ4n) is 3.08. The molecule has 3 N–H and O–H groups in total. The first-order chi connectivity index (χ1) is 14.6. The van der Waals surface area contributed by atoms with E-state index in [0.29, 0.717) is 5.69 Å². The summed E-state index contributed by atoms with van der Waals surface area (Å²) in [5, 5.41) is 11.1. The largest absolute Gasteiger partial charge is 0.459 e. The summed E-state index contributed by atoms with van der Waals surface area (Å²) in [5.41, 5.74) is 2.16. The maximum Gasteiger partial charge on any atom is 0.291 e. The highest BCUT2D eigenvalue weighted by molar-refractivity contribution is 6.02. The van der Waals surface area contributed by atoms with Crippen molar-refractivity contribution in [1.82, 2.24) is 0 Å². The van der Waals surface area contributed by atoms with Gasteiger partial charge >= 0.3 is 0 Å². The number of benzene rings is 3. The molecule has 0 saturated carbocycles. The molecule has 30 heavy (non-hydrogen) atoms. The van der Waals surface area contributed by atoms with Crippen molar-refractivity contribution in [3.8, 4) is 0 Å². The van der Waals surface area contributed by atoms with Crippen molar-refractivity contribution in [3.63, 3.8) is 0 Å². The monoisotopic (exact) mass is 399 g/mol. The molecule has 6 heteroatoms. The molecule has 4 rings (SSSR count). The van der Waals surface area contributed by atoms with E-state index in [1.165, 1.54) is 6.26 Å². The van der Waals surface area contributed by atoms with Gasteiger partial charge in [-0.15, -0.1) is 0 Å². The Kier molecular flexibility index (Phi) is 5.48. The Morgan fingerprint density at radius 3 is 2.20 bits per heavy atom. The van der Waals surface area contributed by atoms with Crippen LogP contribution >= 0.6 is 0 Å². The number of anilines is 3. The molecular weight excluding hydrogens is 378 g/mol. The van der Waals surface area contributed by atoms with Crippen molar-refractivity contribution in [2.24, 2.45) is 0 Å². The van der Waals surface area contributed by atoms with Gasteiger partial charge in [0.25, 0.3) is 5.91 Å². The third kappa shape index (κ3) is 4.50. The van der Waals surface area contributed by atoms with Gasteiger partial charge in [-0.05, 0) is 66.2 Å². The Morgan fingerprint density at radius 1 is 0.767 bits per heavy atom. The second-order valence-corrected chi connectivity index (χ2v) is 6.93. The molecule has 2 amide bonds. The van der Waals surface area contributed by atoms with Crippen LogP contribution in [0.3, 0.4) is 0 Å². The number of carbonyl (C=O) groups excluding carboxylic acids is 2. The standard InChI is InChI=1S/C24H21N3O3/c1-16(23(28)27-21-9-8-17-5-2-3-6-18(17)15-21)25-19-10-12-20(13-11-19)26-24(29)22-7-4-14-30-22/h2-16,25H,1H3,(H,26,29)(H,27,28). The van der Waals surface area contributed by atoms with Crippen LogP contribution in [0.5, 0.6) is 0 Å². The van der Waals surface area contributed by atoms with Gasteiger partial charge in [0.15, 0.2) is 5.76 Å². The van der Waals surface area contributed by atoms with Crippen molar-refractivity contribution in [2.75, 3.05) is 16.0 Å². The van der Waals surface area contributed by atoms with Crippen molar-refractivity contribution >= 4 is 39.6 Å². The molecule has 0 spiro atoms. The van der Waals surface area contributed by atoms with Crippen molar-refractivity contribution in [1.29, 1.82) is 0 Å². The second kappa shape index (κ2) is 8.53. The fraction of sp³-hybridized carbons (Fsp3) is 0.0833. The Bertz CT molecular complexity index is 1170. The number of hydrogen-bond donors (Lipinski definition) is 3. The molecule has 0 fully saturated rings. The van der Waals surface area contributed by atoms with Crippen LogP contribution in [0, 0.1) is 0 Å². The van der Waals surface area contributed by atoms with Crippen molar-refractivity contribution in [2.45, 2.75) is 13.0 Å². The Labute approximate surface area is 173 Å². The van der Waals surface area contributed by atoms with E-state index < -0.39 is 6.04 Å². The van der Waals surface area contributed by atoms with E-state index in [9.17, 15) is 9.59 Å². The lowest BCUT2D eigenvalue weighted by molar-refractivity contribution is -0.116. The van der Waals surface area contributed by atoms with Crippen molar-refractivity contribution < 1.29 is 14.0 Å². The quantitative estimate of drug-likeness (QED) is 0.420. The minimum atomic E-state index is -0.444. The molecule has 1 atom stereocenters. The molecule has 1 unspecified atom stereocenters. The number of hydrogen-bond acceptors (Lipinski definition) is 4. The summed E-state index contributed by atoms with van der Waals surface area (Å²) in [5.74, 6) is -0.208. The van der Waals surface area contributed by atoms with Crippen LogP contribution in [-0.2, 0) is 4.79 Å². The molecule has 0 radical (unpaired) electrons. The Balaban J connectivity index is 1.34. The number of furan rings is 1. The summed E-state index contributed by atoms with van der Waals surface area (Å²) in [6.07, 6.45) is 1.45. The van der Waals surface area contributed by atoms with Gasteiger partial charge in [0.1, 0.15) is 6.04 Å². The smallest absolute Gasteiger partial charge is 0.291 e. The summed E-state index contributed by atoms with van der Waals surface area (Å²) in [7, 11) is 0. The van der Waals surface area contributed by atoms with E-state index >= 15 is 0 Å². The summed E-state index contributed by atoms with van der Waals surface area (Å²) in [6.45, 7) is 1.79. The van der Waals surface area contributed by atoms with Gasteiger partial charge in [-0.2, -0.15) is 0 Å². The molecule has 0 saturated heterocycles. The third-order valence-electron chi connectivity index (χ3n) is 4.68. The van der Waals surface area contributed by atoms with Gasteiger partial charge in [-0.3, -0.25) is 9.59 Å². The first-order valence-corrected chi connectivity index (χ1v) is 9.59. The normalized spacial score (nSPS) is 11.6. The number of rotatable bonds is 6. The van der Waals surface area contributed by atoms with Crippen LogP contribution in [0.25, 0.3) is 10.8 Å². The first-order valence-electron chi connectivity index (χ1n) is 9.59. The molecule has 1 aromatic heterocycles. The van der Waals surface area contributed by atoms with E-state index in [0.717, 1.165) is 22.1 Å². The van der Waals surface area contributed by atoms with Gasteiger partial charge in [-0.25, -0.2) is 0 Å². The maximum absolute atomic E-state index is 12.6. The summed E-state index contributed by atoms with van der Waals surface area (Å²) in [6, 6.07) is 23.8. The van der Waals surface area contributed by atoms with E-state index in [1.54, 1.807) is 43.3 Å². The zero-order valence-electron chi connectivity index (χ0n) is 16.4. The summed E-state index contributed by atoms with van der Waals surface area (Å²) < 4.78 is 5.07. The predicted molar refractivity (Wildman–Crippen MR) is 119 cm³/mol. The Hall–Kier alpha value is -4.06. The number of carbonyl (C=O) groups is 2. The lowest BCUT2D eigenvalue weighted by atomic mass is 10.1. The molecule has 0 aliphatic carbocycles. The van der Waals surface area contributed by atoms with Gasteiger partial charge < -0.3 is 20.4 Å². The second-order valence-electron chi connectivity index (χ2n) is 6.93. The summed E-state index contributed by atoms with van der Waals surface area (Å²) in [4.78, 5) is 24.6. The number of amides is 2. The topological polar surface area (TPSA) is 83.4 Å². The van der Waals surface area contributed by atoms with Crippen LogP contribution < -0.4 is 16.0 Å². The van der Waals surface area contributed by atoms with E-state index in [1.807, 2.05) is 42.5 Å². The predicted octanol–water partition coefficient (Wildman–Crippen LogP) is 5.12. The minimum Gasteiger partial charge on any atom is -0.459 e. The average molecular weight is 399 g/mol. The highest BCUT2D eigenvalue weighted by atomic mass is 16.3. The molecule has 0 bridgehead atoms. The van der Waals surface area contributed by atoms with Gasteiger partial charge in [0.2, 0.25) is 5.91 Å². The molecule has 1 heterocycles. The van der Waals surface area contributed by atoms with Gasteiger partial charge in [0, 0.05) is 17.1 Å². The minimum absolute atomic E-state index is 0.138. The Morgan fingerprint density at radius 2 is 1.47 bits per heavy atom. The lowest BCUT2D eigenvalue weighted by Crippen LogP contribution is -2.31. The highest BCUT2D eigenvalue weighted by Crippen LogP contribution is 2.20. The molecule has 0 aliphatic heterocycles. The SMILES string of the molecule is CC(Nc1ccc(NC(=O)c2ccco2)cc1)C(=O)Nc1ccc2ccccc2c1. The van der Waals surface area contributed by atoms with E-state index in [2.05, 4.69) is 16.0 Å². The average Bonchev–Trinajstić information content (AvgIpc) is 3.30. The molecule has 150 valence electrons. The zero-order chi connectivity index (χ0) is 20.9. The van der Waals surface area contributed by atoms with Crippen LogP contribution in [0.15, 0.2) is 89.5 Å².